The van der Waals surface area contributed by atoms with Gasteiger partial charge in [-0.25, -0.2) is 0 Å². The maximum atomic E-state index is 6.52. The number of benzene rings is 1. The highest BCUT2D eigenvalue weighted by Gasteiger charge is 2.22. The van der Waals surface area contributed by atoms with Crippen LogP contribution in [0, 0.1) is 11.8 Å². The summed E-state index contributed by atoms with van der Waals surface area (Å²) in [5.74, 6) is 1.65. The maximum absolute atomic E-state index is 6.52. The van der Waals surface area contributed by atoms with E-state index >= 15 is 0 Å². The van der Waals surface area contributed by atoms with Crippen LogP contribution in [0.15, 0.2) is 18.2 Å². The molecule has 1 aromatic rings. The minimum Gasteiger partial charge on any atom is -0.370 e. The van der Waals surface area contributed by atoms with E-state index in [4.69, 9.17) is 11.6 Å². The molecule has 0 radical (unpaired) electrons. The first-order valence-corrected chi connectivity index (χ1v) is 8.74. The predicted molar refractivity (Wildman–Crippen MR) is 93.2 cm³/mol. The highest BCUT2D eigenvalue weighted by Crippen LogP contribution is 2.33. The van der Waals surface area contributed by atoms with Gasteiger partial charge in [0.05, 0.1) is 10.7 Å². The molecule has 2 nitrogen and oxygen atoms in total. The highest BCUT2D eigenvalue weighted by molar-refractivity contribution is 6.33. The number of halogens is 1. The second kappa shape index (κ2) is 8.05. The normalized spacial score (nSPS) is 19.9. The van der Waals surface area contributed by atoms with Crippen molar-refractivity contribution in [2.45, 2.75) is 46.6 Å². The van der Waals surface area contributed by atoms with E-state index in [9.17, 15) is 0 Å². The molecule has 0 amide bonds. The van der Waals surface area contributed by atoms with Gasteiger partial charge in [0.25, 0.3) is 0 Å². The monoisotopic (exact) mass is 308 g/mol. The Labute approximate surface area is 134 Å². The molecule has 1 unspecified atom stereocenters. The van der Waals surface area contributed by atoms with Crippen molar-refractivity contribution in [2.75, 3.05) is 24.5 Å². The van der Waals surface area contributed by atoms with Crippen molar-refractivity contribution in [1.29, 1.82) is 0 Å². The molecule has 118 valence electrons. The summed E-state index contributed by atoms with van der Waals surface area (Å²) < 4.78 is 0. The van der Waals surface area contributed by atoms with E-state index in [0.29, 0.717) is 0 Å². The summed E-state index contributed by atoms with van der Waals surface area (Å²) in [5, 5.41) is 4.33. The molecule has 1 heterocycles. The fraction of sp³-hybridized carbons (Fsp3) is 0.667. The summed E-state index contributed by atoms with van der Waals surface area (Å²) in [6, 6.07) is 6.29. The summed E-state index contributed by atoms with van der Waals surface area (Å²) in [4.78, 5) is 2.51. The molecular weight excluding hydrogens is 280 g/mol. The van der Waals surface area contributed by atoms with Gasteiger partial charge >= 0.3 is 0 Å². The number of anilines is 1. The minimum absolute atomic E-state index is 0.789. The molecule has 1 N–H and O–H groups in total. The van der Waals surface area contributed by atoms with Gasteiger partial charge in [-0.15, -0.1) is 0 Å². The molecule has 3 heteroatoms. The first-order chi connectivity index (χ1) is 10.1. The Balaban J connectivity index is 2.16. The minimum atomic E-state index is 0.789. The molecule has 1 fully saturated rings. The zero-order valence-corrected chi connectivity index (χ0v) is 14.4. The molecule has 0 bridgehead atoms. The Morgan fingerprint density at radius 2 is 2.10 bits per heavy atom. The molecule has 1 atom stereocenters. The second-order valence-electron chi connectivity index (χ2n) is 6.45. The molecule has 0 spiro atoms. The Kier molecular flexibility index (Phi) is 6.38. The van der Waals surface area contributed by atoms with Gasteiger partial charge in [0.15, 0.2) is 0 Å². The predicted octanol–water partition coefficient (Wildman–Crippen LogP) is 4.71. The molecule has 1 aliphatic heterocycles. The molecule has 21 heavy (non-hydrogen) atoms. The molecule has 0 saturated carbocycles. The lowest BCUT2D eigenvalue weighted by atomic mass is 9.89. The largest absolute Gasteiger partial charge is 0.370 e. The van der Waals surface area contributed by atoms with Gasteiger partial charge in [-0.3, -0.25) is 0 Å². The topological polar surface area (TPSA) is 15.3 Å². The lowest BCUT2D eigenvalue weighted by Gasteiger charge is -2.27. The lowest BCUT2D eigenvalue weighted by molar-refractivity contribution is 0.351. The Morgan fingerprint density at radius 3 is 2.81 bits per heavy atom. The van der Waals surface area contributed by atoms with Crippen LogP contribution in [-0.2, 0) is 6.54 Å². The average Bonchev–Trinajstić information content (AvgIpc) is 2.71. The molecular formula is C18H29ClN2. The lowest BCUT2D eigenvalue weighted by Crippen LogP contribution is -2.27. The molecule has 0 aromatic heterocycles. The van der Waals surface area contributed by atoms with Crippen molar-refractivity contribution in [1.82, 2.24) is 5.32 Å². The van der Waals surface area contributed by atoms with E-state index in [1.165, 1.54) is 30.5 Å². The quantitative estimate of drug-likeness (QED) is 0.847. The van der Waals surface area contributed by atoms with Gasteiger partial charge in [0.2, 0.25) is 0 Å². The van der Waals surface area contributed by atoms with Crippen LogP contribution in [0.25, 0.3) is 0 Å². The van der Waals surface area contributed by atoms with Gasteiger partial charge in [0.1, 0.15) is 0 Å². The standard InChI is InChI=1S/C18H29ClN2/c1-4-20-13-16-7-5-9-17(19)18(16)21-11-6-8-15(10-12-21)14(2)3/h5,7,9,14-15,20H,4,6,8,10-13H2,1-3H3. The highest BCUT2D eigenvalue weighted by atomic mass is 35.5. The molecule has 1 aromatic carbocycles. The first-order valence-electron chi connectivity index (χ1n) is 8.36. The third-order valence-electron chi connectivity index (χ3n) is 4.67. The summed E-state index contributed by atoms with van der Waals surface area (Å²) in [7, 11) is 0. The number of rotatable bonds is 5. The van der Waals surface area contributed by atoms with Crippen LogP contribution in [0.3, 0.4) is 0 Å². The van der Waals surface area contributed by atoms with E-state index in [1.54, 1.807) is 0 Å². The van der Waals surface area contributed by atoms with E-state index < -0.39 is 0 Å². The number of para-hydroxylation sites is 1. The summed E-state index contributed by atoms with van der Waals surface area (Å²) in [6.07, 6.45) is 3.90. The smallest absolute Gasteiger partial charge is 0.0642 e. The Bertz CT molecular complexity index is 445. The van der Waals surface area contributed by atoms with Crippen LogP contribution >= 0.6 is 11.6 Å². The van der Waals surface area contributed by atoms with Crippen molar-refractivity contribution in [3.63, 3.8) is 0 Å². The van der Waals surface area contributed by atoms with Crippen LogP contribution < -0.4 is 10.2 Å². The van der Waals surface area contributed by atoms with Crippen LogP contribution in [0.5, 0.6) is 0 Å². The van der Waals surface area contributed by atoms with Gasteiger partial charge in [-0.2, -0.15) is 0 Å². The van der Waals surface area contributed by atoms with Crippen molar-refractivity contribution < 1.29 is 0 Å². The fourth-order valence-corrected chi connectivity index (χ4v) is 3.64. The Morgan fingerprint density at radius 1 is 1.29 bits per heavy atom. The molecule has 0 aliphatic carbocycles. The van der Waals surface area contributed by atoms with Gasteiger partial charge in [0, 0.05) is 19.6 Å². The Hall–Kier alpha value is -0.730. The zero-order chi connectivity index (χ0) is 15.2. The SMILES string of the molecule is CCNCc1cccc(Cl)c1N1CCCC(C(C)C)CC1. The summed E-state index contributed by atoms with van der Waals surface area (Å²) >= 11 is 6.52. The zero-order valence-electron chi connectivity index (χ0n) is 13.7. The molecule has 2 rings (SSSR count). The summed E-state index contributed by atoms with van der Waals surface area (Å²) in [6.45, 7) is 11.0. The van der Waals surface area contributed by atoms with Crippen LogP contribution in [0.1, 0.15) is 45.6 Å². The van der Waals surface area contributed by atoms with Crippen LogP contribution in [0.2, 0.25) is 5.02 Å². The molecule has 1 saturated heterocycles. The average molecular weight is 309 g/mol. The van der Waals surface area contributed by atoms with E-state index in [0.717, 1.165) is 43.0 Å². The van der Waals surface area contributed by atoms with E-state index in [-0.39, 0.29) is 0 Å². The molecule has 1 aliphatic rings. The maximum Gasteiger partial charge on any atom is 0.0642 e. The second-order valence-corrected chi connectivity index (χ2v) is 6.86. The van der Waals surface area contributed by atoms with Crippen molar-refractivity contribution in [2.24, 2.45) is 11.8 Å². The van der Waals surface area contributed by atoms with Gasteiger partial charge < -0.3 is 10.2 Å². The van der Waals surface area contributed by atoms with E-state index in [2.05, 4.69) is 43.1 Å². The number of hydrogen-bond donors (Lipinski definition) is 1. The summed E-state index contributed by atoms with van der Waals surface area (Å²) in [5.41, 5.74) is 2.58. The van der Waals surface area contributed by atoms with Crippen molar-refractivity contribution in [3.8, 4) is 0 Å². The van der Waals surface area contributed by atoms with E-state index in [1.807, 2.05) is 6.07 Å². The third kappa shape index (κ3) is 4.37. The third-order valence-corrected chi connectivity index (χ3v) is 4.97. The number of nitrogens with zero attached hydrogens (tertiary/aromatic N) is 1. The van der Waals surface area contributed by atoms with Gasteiger partial charge in [-0.05, 0) is 49.3 Å². The number of hydrogen-bond acceptors (Lipinski definition) is 2. The first kappa shape index (κ1) is 16.6. The fourth-order valence-electron chi connectivity index (χ4n) is 3.33. The van der Waals surface area contributed by atoms with Crippen molar-refractivity contribution >= 4 is 17.3 Å². The van der Waals surface area contributed by atoms with Crippen LogP contribution in [-0.4, -0.2) is 19.6 Å². The number of nitrogens with one attached hydrogen (secondary N) is 1. The van der Waals surface area contributed by atoms with Crippen molar-refractivity contribution in [3.05, 3.63) is 28.8 Å². The van der Waals surface area contributed by atoms with Crippen LogP contribution in [0.4, 0.5) is 5.69 Å². The van der Waals surface area contributed by atoms with Gasteiger partial charge in [-0.1, -0.05) is 44.5 Å².